The van der Waals surface area contributed by atoms with E-state index in [2.05, 4.69) is 30.0 Å². The quantitative estimate of drug-likeness (QED) is 0.913. The van der Waals surface area contributed by atoms with Crippen molar-refractivity contribution < 1.29 is 9.90 Å². The van der Waals surface area contributed by atoms with Gasteiger partial charge in [-0.05, 0) is 50.7 Å². The fourth-order valence-electron chi connectivity index (χ4n) is 3.47. The third-order valence-corrected chi connectivity index (χ3v) is 4.76. The lowest BCUT2D eigenvalue weighted by Gasteiger charge is -2.32. The number of rotatable bonds is 4. The van der Waals surface area contributed by atoms with E-state index in [4.69, 9.17) is 0 Å². The third kappa shape index (κ3) is 2.54. The number of aliphatic carboxylic acids is 1. The lowest BCUT2D eigenvalue weighted by Crippen LogP contribution is -2.31. The van der Waals surface area contributed by atoms with Crippen LogP contribution < -0.4 is 4.90 Å². The van der Waals surface area contributed by atoms with Gasteiger partial charge in [-0.25, -0.2) is 0 Å². The van der Waals surface area contributed by atoms with Crippen molar-refractivity contribution in [2.45, 2.75) is 50.9 Å². The van der Waals surface area contributed by atoms with Gasteiger partial charge in [0.15, 0.2) is 0 Å². The maximum Gasteiger partial charge on any atom is 0.304 e. The van der Waals surface area contributed by atoms with E-state index >= 15 is 0 Å². The molecule has 0 radical (unpaired) electrons. The molecule has 1 saturated carbocycles. The molecule has 1 aliphatic heterocycles. The van der Waals surface area contributed by atoms with Gasteiger partial charge in [0.05, 0.1) is 6.42 Å². The molecule has 108 valence electrons. The molecule has 3 heteroatoms. The van der Waals surface area contributed by atoms with Gasteiger partial charge in [-0.2, -0.15) is 0 Å². The maximum atomic E-state index is 11.2. The number of carboxylic acid groups (broad SMARTS) is 1. The van der Waals surface area contributed by atoms with Gasteiger partial charge in [0.1, 0.15) is 0 Å². The predicted molar refractivity (Wildman–Crippen MR) is 80.4 cm³/mol. The van der Waals surface area contributed by atoms with Crippen LogP contribution in [-0.4, -0.2) is 24.2 Å². The summed E-state index contributed by atoms with van der Waals surface area (Å²) in [6, 6.07) is 6.59. The second-order valence-electron chi connectivity index (χ2n) is 6.42. The van der Waals surface area contributed by atoms with Crippen molar-refractivity contribution in [2.75, 3.05) is 18.0 Å². The Morgan fingerprint density at radius 3 is 2.55 bits per heavy atom. The van der Waals surface area contributed by atoms with E-state index in [1.807, 2.05) is 0 Å². The molecule has 0 amide bonds. The zero-order valence-electron chi connectivity index (χ0n) is 12.2. The molecule has 0 spiro atoms. The van der Waals surface area contributed by atoms with Crippen molar-refractivity contribution in [1.29, 1.82) is 0 Å². The summed E-state index contributed by atoms with van der Waals surface area (Å²) in [6.45, 7) is 4.32. The number of anilines is 1. The molecule has 3 rings (SSSR count). The number of carbonyl (C=O) groups is 1. The molecule has 1 N–H and O–H groups in total. The van der Waals surface area contributed by atoms with Crippen LogP contribution in [0, 0.1) is 6.92 Å². The Labute approximate surface area is 120 Å². The second-order valence-corrected chi connectivity index (χ2v) is 6.42. The first kappa shape index (κ1) is 13.5. The van der Waals surface area contributed by atoms with Gasteiger partial charge >= 0.3 is 5.97 Å². The Bertz CT molecular complexity index is 514. The Morgan fingerprint density at radius 2 is 1.95 bits per heavy atom. The summed E-state index contributed by atoms with van der Waals surface area (Å²) < 4.78 is 0. The first-order chi connectivity index (χ1) is 9.61. The van der Waals surface area contributed by atoms with Gasteiger partial charge < -0.3 is 10.0 Å². The Hall–Kier alpha value is -1.51. The number of hydrogen-bond acceptors (Lipinski definition) is 2. The van der Waals surface area contributed by atoms with E-state index in [-0.39, 0.29) is 11.8 Å². The average molecular weight is 273 g/mol. The summed E-state index contributed by atoms with van der Waals surface area (Å²) in [5.74, 6) is -0.673. The summed E-state index contributed by atoms with van der Waals surface area (Å²) in [5, 5.41) is 9.21. The van der Waals surface area contributed by atoms with Crippen molar-refractivity contribution in [3.8, 4) is 0 Å². The Balaban J connectivity index is 1.96. The van der Waals surface area contributed by atoms with Gasteiger partial charge in [-0.15, -0.1) is 0 Å². The van der Waals surface area contributed by atoms with Gasteiger partial charge in [0.25, 0.3) is 0 Å². The van der Waals surface area contributed by atoms with Gasteiger partial charge in [-0.1, -0.05) is 17.7 Å². The Morgan fingerprint density at radius 1 is 1.25 bits per heavy atom. The molecule has 2 aliphatic rings. The highest BCUT2D eigenvalue weighted by atomic mass is 16.4. The molecule has 1 aliphatic carbocycles. The lowest BCUT2D eigenvalue weighted by molar-refractivity contribution is -0.137. The second kappa shape index (κ2) is 5.12. The summed E-state index contributed by atoms with van der Waals surface area (Å²) in [5.41, 5.74) is 3.71. The molecule has 20 heavy (non-hydrogen) atoms. The van der Waals surface area contributed by atoms with Crippen LogP contribution in [0.3, 0.4) is 0 Å². The summed E-state index contributed by atoms with van der Waals surface area (Å²) in [7, 11) is 0. The number of benzene rings is 1. The molecule has 1 aromatic rings. The minimum Gasteiger partial charge on any atom is -0.481 e. The summed E-state index contributed by atoms with van der Waals surface area (Å²) >= 11 is 0. The average Bonchev–Trinajstić information content (AvgIpc) is 3.19. The van der Waals surface area contributed by atoms with Gasteiger partial charge in [0, 0.05) is 24.2 Å². The zero-order chi connectivity index (χ0) is 14.2. The van der Waals surface area contributed by atoms with Gasteiger partial charge in [0.2, 0.25) is 0 Å². The monoisotopic (exact) mass is 273 g/mol. The van der Waals surface area contributed by atoms with Crippen molar-refractivity contribution in [3.05, 3.63) is 29.3 Å². The lowest BCUT2D eigenvalue weighted by atomic mass is 9.89. The molecule has 2 fully saturated rings. The smallest absolute Gasteiger partial charge is 0.304 e. The molecule has 0 bridgehead atoms. The van der Waals surface area contributed by atoms with Crippen LogP contribution in [-0.2, 0) is 10.2 Å². The summed E-state index contributed by atoms with van der Waals surface area (Å²) in [6.07, 6.45) is 6.13. The predicted octanol–water partition coefficient (Wildman–Crippen LogP) is 3.49. The van der Waals surface area contributed by atoms with Crippen LogP contribution >= 0.6 is 0 Å². The third-order valence-electron chi connectivity index (χ3n) is 4.76. The van der Waals surface area contributed by atoms with E-state index in [1.165, 1.54) is 36.1 Å². The number of aryl methyl sites for hydroxylation is 1. The first-order valence-electron chi connectivity index (χ1n) is 7.69. The summed E-state index contributed by atoms with van der Waals surface area (Å²) in [4.78, 5) is 13.6. The number of piperidine rings is 1. The highest BCUT2D eigenvalue weighted by molar-refractivity contribution is 5.72. The first-order valence-corrected chi connectivity index (χ1v) is 7.69. The Kier molecular flexibility index (Phi) is 3.45. The van der Waals surface area contributed by atoms with Crippen LogP contribution in [0.4, 0.5) is 5.69 Å². The van der Waals surface area contributed by atoms with Crippen LogP contribution in [0.2, 0.25) is 0 Å². The number of carboxylic acids is 1. The maximum absolute atomic E-state index is 11.2. The van der Waals surface area contributed by atoms with Crippen molar-refractivity contribution >= 4 is 11.7 Å². The molecule has 0 unspecified atom stereocenters. The topological polar surface area (TPSA) is 40.5 Å². The minimum atomic E-state index is -0.673. The van der Waals surface area contributed by atoms with Crippen molar-refractivity contribution in [2.24, 2.45) is 0 Å². The zero-order valence-corrected chi connectivity index (χ0v) is 12.2. The van der Waals surface area contributed by atoms with Crippen LogP contribution in [0.1, 0.15) is 49.7 Å². The molecule has 1 aromatic carbocycles. The van der Waals surface area contributed by atoms with E-state index in [1.54, 1.807) is 0 Å². The minimum absolute atomic E-state index is 0.0926. The fourth-order valence-corrected chi connectivity index (χ4v) is 3.47. The number of nitrogens with zero attached hydrogens (tertiary/aromatic N) is 1. The largest absolute Gasteiger partial charge is 0.481 e. The standard InChI is InChI=1S/C17H23NO2/c1-13-5-6-15(18-9-3-2-4-10-18)14(11-13)17(7-8-17)12-16(19)20/h5-6,11H,2-4,7-10,12H2,1H3,(H,19,20). The normalized spacial score (nSPS) is 20.8. The van der Waals surface area contributed by atoms with E-state index < -0.39 is 5.97 Å². The van der Waals surface area contributed by atoms with Crippen molar-refractivity contribution in [3.63, 3.8) is 0 Å². The van der Waals surface area contributed by atoms with E-state index in [0.29, 0.717) is 0 Å². The molecule has 1 heterocycles. The molecule has 0 aromatic heterocycles. The van der Waals surface area contributed by atoms with Crippen LogP contribution in [0.25, 0.3) is 0 Å². The molecular weight excluding hydrogens is 250 g/mol. The molecular formula is C17H23NO2. The number of hydrogen-bond donors (Lipinski definition) is 1. The molecule has 3 nitrogen and oxygen atoms in total. The van der Waals surface area contributed by atoms with E-state index in [0.717, 1.165) is 25.9 Å². The fraction of sp³-hybridized carbons (Fsp3) is 0.588. The highest BCUT2D eigenvalue weighted by Crippen LogP contribution is 2.54. The van der Waals surface area contributed by atoms with Gasteiger partial charge in [-0.3, -0.25) is 4.79 Å². The van der Waals surface area contributed by atoms with Crippen molar-refractivity contribution in [1.82, 2.24) is 0 Å². The van der Waals surface area contributed by atoms with Crippen LogP contribution in [0.15, 0.2) is 18.2 Å². The van der Waals surface area contributed by atoms with E-state index in [9.17, 15) is 9.90 Å². The SMILES string of the molecule is Cc1ccc(N2CCCCC2)c(C2(CC(=O)O)CC2)c1. The molecule has 1 saturated heterocycles. The van der Waals surface area contributed by atoms with Crippen LogP contribution in [0.5, 0.6) is 0 Å². The molecule has 0 atom stereocenters. The highest BCUT2D eigenvalue weighted by Gasteiger charge is 2.47.